The molecule has 1 atom stereocenters. The van der Waals surface area contributed by atoms with E-state index in [4.69, 9.17) is 16.3 Å². The summed E-state index contributed by atoms with van der Waals surface area (Å²) in [6, 6.07) is 17.1. The molecule has 4 aromatic rings. The van der Waals surface area contributed by atoms with Crippen molar-refractivity contribution in [3.8, 4) is 22.8 Å². The lowest BCUT2D eigenvalue weighted by Gasteiger charge is -2.30. The van der Waals surface area contributed by atoms with Crippen LogP contribution < -0.4 is 9.64 Å². The van der Waals surface area contributed by atoms with Crippen LogP contribution in [0.15, 0.2) is 59.8 Å². The first-order chi connectivity index (χ1) is 17.0. The van der Waals surface area contributed by atoms with Gasteiger partial charge in [0, 0.05) is 12.0 Å². The molecule has 178 valence electrons. The highest BCUT2D eigenvalue weighted by molar-refractivity contribution is 7.98. The summed E-state index contributed by atoms with van der Waals surface area (Å²) in [5, 5.41) is 14.1. The first-order valence-electron chi connectivity index (χ1n) is 11.2. The molecule has 1 amide bonds. The van der Waals surface area contributed by atoms with Gasteiger partial charge in [-0.1, -0.05) is 66.7 Å². The van der Waals surface area contributed by atoms with Gasteiger partial charge in [0.2, 0.25) is 23.2 Å². The maximum absolute atomic E-state index is 13.6. The number of anilines is 1. The highest BCUT2D eigenvalue weighted by atomic mass is 35.5. The zero-order valence-corrected chi connectivity index (χ0v) is 21.0. The average Bonchev–Trinajstić information content (AvgIpc) is 3.09. The number of aryl methyl sites for hydroxylation is 1. The quantitative estimate of drug-likeness (QED) is 0.324. The highest BCUT2D eigenvalue weighted by Gasteiger charge is 2.39. The van der Waals surface area contributed by atoms with Crippen LogP contribution >= 0.6 is 23.4 Å². The zero-order chi connectivity index (χ0) is 24.5. The molecule has 0 fully saturated rings. The maximum Gasteiger partial charge on any atom is 0.247 e. The Morgan fingerprint density at radius 1 is 1.11 bits per heavy atom. The van der Waals surface area contributed by atoms with Crippen LogP contribution in [-0.4, -0.2) is 37.1 Å². The highest BCUT2D eigenvalue weighted by Crippen LogP contribution is 2.45. The Balaban J connectivity index is 1.75. The molecule has 1 aliphatic heterocycles. The van der Waals surface area contributed by atoms with Crippen molar-refractivity contribution < 1.29 is 9.53 Å². The van der Waals surface area contributed by atoms with Crippen LogP contribution in [0, 0.1) is 6.92 Å². The Bertz CT molecular complexity index is 1390. The second kappa shape index (κ2) is 9.67. The van der Waals surface area contributed by atoms with Gasteiger partial charge >= 0.3 is 0 Å². The van der Waals surface area contributed by atoms with E-state index in [1.165, 1.54) is 11.8 Å². The Morgan fingerprint density at radius 2 is 1.86 bits per heavy atom. The number of ether oxygens (including phenoxy) is 1. The molecular formula is C25H23ClN6O2S. The van der Waals surface area contributed by atoms with Gasteiger partial charge in [-0.15, -0.1) is 10.2 Å². The lowest BCUT2D eigenvalue weighted by atomic mass is 10.1. The van der Waals surface area contributed by atoms with Crippen LogP contribution in [0.3, 0.4) is 0 Å². The summed E-state index contributed by atoms with van der Waals surface area (Å²) in [4.78, 5) is 19.8. The SMILES string of the molecule is CCCC(=O)N1c2ccccc2-c2nnc(SC)nc2O[C@@H]1c1c(C)nn(-c2ccccc2)c1Cl. The van der Waals surface area contributed by atoms with E-state index in [1.54, 1.807) is 9.58 Å². The Labute approximate surface area is 212 Å². The summed E-state index contributed by atoms with van der Waals surface area (Å²) < 4.78 is 8.15. The molecular weight excluding hydrogens is 484 g/mol. The minimum absolute atomic E-state index is 0.0984. The van der Waals surface area contributed by atoms with Crippen LogP contribution in [-0.2, 0) is 4.79 Å². The topological polar surface area (TPSA) is 86.0 Å². The van der Waals surface area contributed by atoms with Gasteiger partial charge in [0.05, 0.1) is 22.6 Å². The number of carbonyl (C=O) groups is 1. The van der Waals surface area contributed by atoms with Gasteiger partial charge in [0.1, 0.15) is 5.15 Å². The van der Waals surface area contributed by atoms with Crippen LogP contribution in [0.1, 0.15) is 37.3 Å². The van der Waals surface area contributed by atoms with Crippen molar-refractivity contribution in [2.75, 3.05) is 11.2 Å². The number of halogens is 1. The van der Waals surface area contributed by atoms with Crippen molar-refractivity contribution in [1.29, 1.82) is 0 Å². The second-order valence-corrected chi connectivity index (χ2v) is 9.12. The fourth-order valence-electron chi connectivity index (χ4n) is 4.12. The normalized spacial score (nSPS) is 14.6. The van der Waals surface area contributed by atoms with Crippen molar-refractivity contribution in [2.45, 2.75) is 38.1 Å². The van der Waals surface area contributed by atoms with Gasteiger partial charge in [-0.2, -0.15) is 10.1 Å². The molecule has 1 aliphatic rings. The standard InChI is InChI=1S/C25H23ClN6O2S/c1-4-10-19(33)31-18-14-9-8-13-17(18)21-23(27-25(35-3)29-28-21)34-24(31)20-15(2)30-32(22(20)26)16-11-6-5-7-12-16/h5-9,11-14,24H,4,10H2,1-3H3/t24-/m1/s1. The van der Waals surface area contributed by atoms with Crippen LogP contribution in [0.2, 0.25) is 5.15 Å². The number of fused-ring (bicyclic) bond motifs is 3. The molecule has 8 nitrogen and oxygen atoms in total. The number of rotatable bonds is 5. The third-order valence-corrected chi connectivity index (χ3v) is 6.62. The van der Waals surface area contributed by atoms with Crippen LogP contribution in [0.5, 0.6) is 5.88 Å². The second-order valence-electron chi connectivity index (χ2n) is 7.99. The van der Waals surface area contributed by atoms with Gasteiger partial charge in [-0.3, -0.25) is 9.69 Å². The van der Waals surface area contributed by atoms with Gasteiger partial charge in [0.15, 0.2) is 5.69 Å². The fourth-order valence-corrected chi connectivity index (χ4v) is 4.79. The summed E-state index contributed by atoms with van der Waals surface area (Å²) in [6.07, 6.45) is 1.99. The number of thioether (sulfide) groups is 1. The van der Waals surface area contributed by atoms with E-state index in [0.717, 1.165) is 5.69 Å². The Kier molecular flexibility index (Phi) is 6.44. The fraction of sp³-hybridized carbons (Fsp3) is 0.240. The first-order valence-corrected chi connectivity index (χ1v) is 12.8. The van der Waals surface area contributed by atoms with Crippen molar-refractivity contribution >= 4 is 35.0 Å². The number of hydrogen-bond acceptors (Lipinski definition) is 7. The lowest BCUT2D eigenvalue weighted by Crippen LogP contribution is -2.38. The first kappa shape index (κ1) is 23.3. The number of para-hydroxylation sites is 2. The molecule has 2 aromatic heterocycles. The molecule has 5 rings (SSSR count). The van der Waals surface area contributed by atoms with E-state index in [-0.39, 0.29) is 11.8 Å². The third kappa shape index (κ3) is 4.15. The van der Waals surface area contributed by atoms with E-state index in [2.05, 4.69) is 20.3 Å². The number of nitrogens with zero attached hydrogens (tertiary/aromatic N) is 6. The summed E-state index contributed by atoms with van der Waals surface area (Å²) in [6.45, 7) is 3.82. The summed E-state index contributed by atoms with van der Waals surface area (Å²) in [5.41, 5.74) is 3.89. The van der Waals surface area contributed by atoms with Gasteiger partial charge in [-0.25, -0.2) is 4.68 Å². The lowest BCUT2D eigenvalue weighted by molar-refractivity contribution is -0.120. The minimum Gasteiger partial charge on any atom is -0.447 e. The molecule has 2 aromatic carbocycles. The molecule has 3 heterocycles. The van der Waals surface area contributed by atoms with E-state index < -0.39 is 6.23 Å². The predicted molar refractivity (Wildman–Crippen MR) is 136 cm³/mol. The van der Waals surface area contributed by atoms with E-state index in [9.17, 15) is 4.79 Å². The molecule has 0 saturated carbocycles. The molecule has 0 radical (unpaired) electrons. The molecule has 0 unspecified atom stereocenters. The summed E-state index contributed by atoms with van der Waals surface area (Å²) in [7, 11) is 0. The van der Waals surface area contributed by atoms with Crippen molar-refractivity contribution in [3.05, 3.63) is 71.0 Å². The summed E-state index contributed by atoms with van der Waals surface area (Å²) >= 11 is 8.30. The van der Waals surface area contributed by atoms with E-state index in [0.29, 0.717) is 51.4 Å². The Hall–Kier alpha value is -3.43. The van der Waals surface area contributed by atoms with Crippen LogP contribution in [0.4, 0.5) is 5.69 Å². The molecule has 0 spiro atoms. The maximum atomic E-state index is 13.6. The largest absolute Gasteiger partial charge is 0.447 e. The zero-order valence-electron chi connectivity index (χ0n) is 19.5. The van der Waals surface area contributed by atoms with Crippen molar-refractivity contribution in [1.82, 2.24) is 25.0 Å². The molecule has 0 bridgehead atoms. The molecule has 35 heavy (non-hydrogen) atoms. The number of amides is 1. The van der Waals surface area contributed by atoms with Crippen molar-refractivity contribution in [2.24, 2.45) is 0 Å². The Morgan fingerprint density at radius 3 is 2.60 bits per heavy atom. The smallest absolute Gasteiger partial charge is 0.247 e. The predicted octanol–water partition coefficient (Wildman–Crippen LogP) is 5.63. The number of hydrogen-bond donors (Lipinski definition) is 0. The van der Waals surface area contributed by atoms with E-state index >= 15 is 0 Å². The molecule has 0 saturated heterocycles. The van der Waals surface area contributed by atoms with Crippen molar-refractivity contribution in [3.63, 3.8) is 0 Å². The minimum atomic E-state index is -0.896. The van der Waals surface area contributed by atoms with Gasteiger partial charge in [0.25, 0.3) is 0 Å². The van der Waals surface area contributed by atoms with Gasteiger partial charge in [-0.05, 0) is 37.8 Å². The van der Waals surface area contributed by atoms with Crippen LogP contribution in [0.25, 0.3) is 16.9 Å². The van der Waals surface area contributed by atoms with E-state index in [1.807, 2.05) is 74.7 Å². The molecule has 0 aliphatic carbocycles. The third-order valence-electron chi connectivity index (χ3n) is 5.72. The van der Waals surface area contributed by atoms with Gasteiger partial charge < -0.3 is 4.74 Å². The molecule has 10 heteroatoms. The monoisotopic (exact) mass is 506 g/mol. The number of carbonyl (C=O) groups excluding carboxylic acids is 1. The summed E-state index contributed by atoms with van der Waals surface area (Å²) in [5.74, 6) is 0.190. The molecule has 0 N–H and O–H groups in total. The number of benzene rings is 2. The number of aromatic nitrogens is 5. The average molecular weight is 507 g/mol.